The van der Waals surface area contributed by atoms with E-state index in [2.05, 4.69) is 10.0 Å². The van der Waals surface area contributed by atoms with Gasteiger partial charge in [-0.05, 0) is 18.2 Å². The van der Waals surface area contributed by atoms with E-state index in [9.17, 15) is 13.2 Å². The molecule has 0 heterocycles. The van der Waals surface area contributed by atoms with Crippen molar-refractivity contribution in [2.75, 3.05) is 25.5 Å². The number of carboxylic acid groups (broad SMARTS) is 1. The highest BCUT2D eigenvalue weighted by Crippen LogP contribution is 2.22. The van der Waals surface area contributed by atoms with Crippen LogP contribution in [-0.2, 0) is 10.0 Å². The van der Waals surface area contributed by atoms with Crippen molar-refractivity contribution < 1.29 is 23.4 Å². The number of anilines is 1. The number of carboxylic acids is 1. The predicted molar refractivity (Wildman–Crippen MR) is 65.2 cm³/mol. The first-order valence-corrected chi connectivity index (χ1v) is 6.56. The second kappa shape index (κ2) is 5.80. The summed E-state index contributed by atoms with van der Waals surface area (Å²) in [6.45, 7) is -0.477. The minimum absolute atomic E-state index is 0.127. The van der Waals surface area contributed by atoms with Crippen molar-refractivity contribution in [1.82, 2.24) is 4.72 Å². The van der Waals surface area contributed by atoms with Crippen LogP contribution in [0.5, 0.6) is 0 Å². The first-order valence-electron chi connectivity index (χ1n) is 5.08. The third-order valence-electron chi connectivity index (χ3n) is 2.19. The Morgan fingerprint density at radius 1 is 1.39 bits per heavy atom. The molecular weight excluding hydrogens is 260 g/mol. The topological polar surface area (TPSA) is 116 Å². The van der Waals surface area contributed by atoms with Crippen LogP contribution in [0.3, 0.4) is 0 Å². The Kier molecular flexibility index (Phi) is 4.65. The molecule has 0 saturated heterocycles. The first kappa shape index (κ1) is 14.4. The van der Waals surface area contributed by atoms with Gasteiger partial charge in [-0.3, -0.25) is 0 Å². The average Bonchev–Trinajstić information content (AvgIpc) is 2.35. The van der Waals surface area contributed by atoms with Gasteiger partial charge in [0.15, 0.2) is 0 Å². The molecule has 1 aromatic rings. The molecule has 1 rings (SSSR count). The second-order valence-electron chi connectivity index (χ2n) is 3.39. The molecule has 0 atom stereocenters. The van der Waals surface area contributed by atoms with Gasteiger partial charge < -0.3 is 15.5 Å². The van der Waals surface area contributed by atoms with E-state index in [-0.39, 0.29) is 29.3 Å². The van der Waals surface area contributed by atoms with E-state index >= 15 is 0 Å². The van der Waals surface area contributed by atoms with Crippen LogP contribution in [-0.4, -0.2) is 44.8 Å². The molecule has 100 valence electrons. The molecule has 0 aliphatic heterocycles. The average molecular weight is 274 g/mol. The summed E-state index contributed by atoms with van der Waals surface area (Å²) in [6.07, 6.45) is 0. The number of hydrogen-bond acceptors (Lipinski definition) is 5. The maximum Gasteiger partial charge on any atom is 0.335 e. The summed E-state index contributed by atoms with van der Waals surface area (Å²) < 4.78 is 25.9. The molecule has 0 spiro atoms. The Labute approximate surface area is 105 Å². The number of carbonyl (C=O) groups is 1. The fraction of sp³-hybridized carbons (Fsp3) is 0.300. The first-order chi connectivity index (χ1) is 8.42. The van der Waals surface area contributed by atoms with Gasteiger partial charge in [0.05, 0.1) is 17.9 Å². The molecule has 0 fully saturated rings. The number of benzene rings is 1. The van der Waals surface area contributed by atoms with Crippen LogP contribution in [0, 0.1) is 0 Å². The fourth-order valence-electron chi connectivity index (χ4n) is 1.34. The van der Waals surface area contributed by atoms with Gasteiger partial charge in [0.25, 0.3) is 0 Å². The molecule has 18 heavy (non-hydrogen) atoms. The summed E-state index contributed by atoms with van der Waals surface area (Å²) in [7, 11) is -2.33. The molecule has 0 amide bonds. The molecule has 0 bridgehead atoms. The van der Waals surface area contributed by atoms with Gasteiger partial charge in [-0.2, -0.15) is 0 Å². The van der Waals surface area contributed by atoms with Crippen molar-refractivity contribution in [3.8, 4) is 0 Å². The molecule has 0 aliphatic carbocycles. The summed E-state index contributed by atoms with van der Waals surface area (Å²) in [4.78, 5) is 10.6. The van der Waals surface area contributed by atoms with Gasteiger partial charge in [0.2, 0.25) is 10.0 Å². The molecule has 4 N–H and O–H groups in total. The zero-order valence-corrected chi connectivity index (χ0v) is 10.5. The Bertz CT molecular complexity index is 541. The van der Waals surface area contributed by atoms with Gasteiger partial charge >= 0.3 is 5.97 Å². The SMILES string of the molecule is CNc1ccc(C(=O)O)cc1S(=O)(=O)NCCO. The van der Waals surface area contributed by atoms with E-state index in [4.69, 9.17) is 10.2 Å². The lowest BCUT2D eigenvalue weighted by Gasteiger charge is -2.11. The predicted octanol–water partition coefficient (Wildman–Crippen LogP) is -0.303. The highest BCUT2D eigenvalue weighted by molar-refractivity contribution is 7.89. The van der Waals surface area contributed by atoms with Crippen molar-refractivity contribution in [2.24, 2.45) is 0 Å². The van der Waals surface area contributed by atoms with E-state index < -0.39 is 16.0 Å². The maximum atomic E-state index is 11.9. The van der Waals surface area contributed by atoms with E-state index in [1.54, 1.807) is 0 Å². The van der Waals surface area contributed by atoms with Gasteiger partial charge in [-0.1, -0.05) is 0 Å². The molecule has 1 aromatic carbocycles. The smallest absolute Gasteiger partial charge is 0.335 e. The minimum Gasteiger partial charge on any atom is -0.478 e. The van der Waals surface area contributed by atoms with Crippen molar-refractivity contribution in [2.45, 2.75) is 4.90 Å². The van der Waals surface area contributed by atoms with Crippen molar-refractivity contribution in [1.29, 1.82) is 0 Å². The largest absolute Gasteiger partial charge is 0.478 e. The molecule has 0 saturated carbocycles. The number of hydrogen-bond donors (Lipinski definition) is 4. The van der Waals surface area contributed by atoms with Crippen LogP contribution in [0.1, 0.15) is 10.4 Å². The molecule has 0 unspecified atom stereocenters. The zero-order chi connectivity index (χ0) is 13.8. The maximum absolute atomic E-state index is 11.9. The number of nitrogens with one attached hydrogen (secondary N) is 2. The summed E-state index contributed by atoms with van der Waals surface area (Å²) in [5.74, 6) is -1.21. The highest BCUT2D eigenvalue weighted by Gasteiger charge is 2.19. The molecule has 8 heteroatoms. The molecule has 0 radical (unpaired) electrons. The van der Waals surface area contributed by atoms with E-state index in [0.29, 0.717) is 0 Å². The molecular formula is C10H14N2O5S. The summed E-state index contributed by atoms with van der Waals surface area (Å²) in [5, 5.41) is 20.1. The van der Waals surface area contributed by atoms with E-state index in [0.717, 1.165) is 6.07 Å². The normalized spacial score (nSPS) is 11.2. The van der Waals surface area contributed by atoms with Crippen molar-refractivity contribution >= 4 is 21.7 Å². The quantitative estimate of drug-likeness (QED) is 0.566. The number of sulfonamides is 1. The highest BCUT2D eigenvalue weighted by atomic mass is 32.2. The van der Waals surface area contributed by atoms with Crippen molar-refractivity contribution in [3.63, 3.8) is 0 Å². The lowest BCUT2D eigenvalue weighted by atomic mass is 10.2. The monoisotopic (exact) mass is 274 g/mol. The second-order valence-corrected chi connectivity index (χ2v) is 5.12. The number of aliphatic hydroxyl groups is 1. The Morgan fingerprint density at radius 3 is 2.56 bits per heavy atom. The minimum atomic E-state index is -3.86. The zero-order valence-electron chi connectivity index (χ0n) is 9.67. The lowest BCUT2D eigenvalue weighted by molar-refractivity contribution is 0.0696. The van der Waals surface area contributed by atoms with Gasteiger partial charge in [-0.15, -0.1) is 0 Å². The van der Waals surface area contributed by atoms with E-state index in [1.807, 2.05) is 0 Å². The standard InChI is InChI=1S/C10H14N2O5S/c1-11-8-3-2-7(10(14)15)6-9(8)18(16,17)12-4-5-13/h2-3,6,11-13H,4-5H2,1H3,(H,14,15). The third-order valence-corrected chi connectivity index (χ3v) is 3.69. The molecule has 0 aromatic heterocycles. The van der Waals surface area contributed by atoms with Gasteiger partial charge in [0, 0.05) is 13.6 Å². The fourth-order valence-corrected chi connectivity index (χ4v) is 2.60. The summed E-state index contributed by atoms with van der Waals surface area (Å²) in [5.41, 5.74) is 0.156. The van der Waals surface area contributed by atoms with Gasteiger partial charge in [0.1, 0.15) is 4.90 Å². The number of rotatable bonds is 6. The third kappa shape index (κ3) is 3.19. The lowest BCUT2D eigenvalue weighted by Crippen LogP contribution is -2.27. The van der Waals surface area contributed by atoms with Crippen molar-refractivity contribution in [3.05, 3.63) is 23.8 Å². The van der Waals surface area contributed by atoms with Crippen LogP contribution in [0.25, 0.3) is 0 Å². The van der Waals surface area contributed by atoms with Crippen LogP contribution < -0.4 is 10.0 Å². The molecule has 7 nitrogen and oxygen atoms in total. The summed E-state index contributed by atoms with van der Waals surface area (Å²) >= 11 is 0. The Morgan fingerprint density at radius 2 is 2.06 bits per heavy atom. The van der Waals surface area contributed by atoms with Gasteiger partial charge in [-0.25, -0.2) is 17.9 Å². The van der Waals surface area contributed by atoms with Crippen LogP contribution in [0.4, 0.5) is 5.69 Å². The summed E-state index contributed by atoms with van der Waals surface area (Å²) in [6, 6.07) is 3.74. The Hall–Kier alpha value is -1.64. The number of aliphatic hydroxyl groups excluding tert-OH is 1. The van der Waals surface area contributed by atoms with Crippen LogP contribution in [0.15, 0.2) is 23.1 Å². The molecule has 0 aliphatic rings. The Balaban J connectivity index is 3.27. The number of aromatic carboxylic acids is 1. The van der Waals surface area contributed by atoms with Crippen LogP contribution in [0.2, 0.25) is 0 Å². The van der Waals surface area contributed by atoms with E-state index in [1.165, 1.54) is 19.2 Å². The van der Waals surface area contributed by atoms with Crippen LogP contribution >= 0.6 is 0 Å².